The number of allylic oxidation sites excluding steroid dienone is 8. The van der Waals surface area contributed by atoms with Gasteiger partial charge in [-0.1, -0.05) is 230 Å². The summed E-state index contributed by atoms with van der Waals surface area (Å²) in [5.41, 5.74) is 0. The molecule has 0 aromatic carbocycles. The smallest absolute Gasteiger partial charge is 0.306 e. The summed E-state index contributed by atoms with van der Waals surface area (Å²) in [6.45, 7) is 6.61. The van der Waals surface area contributed by atoms with Crippen molar-refractivity contribution in [2.75, 3.05) is 13.2 Å². The molecule has 0 saturated heterocycles. The minimum Gasteiger partial charge on any atom is -0.462 e. The highest BCUT2D eigenvalue weighted by molar-refractivity contribution is 5.71. The molecule has 0 heterocycles. The van der Waals surface area contributed by atoms with Crippen LogP contribution in [0.15, 0.2) is 48.6 Å². The van der Waals surface area contributed by atoms with Crippen LogP contribution in [0.25, 0.3) is 0 Å². The molecule has 0 bridgehead atoms. The Morgan fingerprint density at radius 3 is 0.881 bits per heavy atom. The maximum atomic E-state index is 12.8. The Morgan fingerprint density at radius 2 is 0.537 bits per heavy atom. The van der Waals surface area contributed by atoms with Crippen molar-refractivity contribution in [3.63, 3.8) is 0 Å². The molecule has 0 saturated carbocycles. The average molecular weight is 940 g/mol. The topological polar surface area (TPSA) is 78.9 Å². The van der Waals surface area contributed by atoms with Crippen molar-refractivity contribution in [2.24, 2.45) is 0 Å². The molecule has 0 N–H and O–H groups in total. The van der Waals surface area contributed by atoms with Crippen molar-refractivity contribution in [2.45, 2.75) is 309 Å². The number of esters is 3. The second-order valence-corrected chi connectivity index (χ2v) is 19.5. The summed E-state index contributed by atoms with van der Waals surface area (Å²) in [6.07, 6.45) is 68.2. The van der Waals surface area contributed by atoms with Crippen LogP contribution in [0.2, 0.25) is 0 Å². The molecule has 0 aliphatic heterocycles. The summed E-state index contributed by atoms with van der Waals surface area (Å²) in [7, 11) is 0. The first-order valence-corrected chi connectivity index (χ1v) is 29.1. The predicted molar refractivity (Wildman–Crippen MR) is 289 cm³/mol. The van der Waals surface area contributed by atoms with Crippen molar-refractivity contribution in [1.82, 2.24) is 0 Å². The van der Waals surface area contributed by atoms with Crippen LogP contribution in [0.1, 0.15) is 303 Å². The predicted octanol–water partition coefficient (Wildman–Crippen LogP) is 19.4. The van der Waals surface area contributed by atoms with Crippen LogP contribution in [0.3, 0.4) is 0 Å². The normalized spacial score (nSPS) is 12.3. The van der Waals surface area contributed by atoms with E-state index in [0.717, 1.165) is 89.9 Å². The van der Waals surface area contributed by atoms with Crippen LogP contribution < -0.4 is 0 Å². The standard InChI is InChI=1S/C61H110O6/c1-4-7-10-13-16-19-22-25-27-29-30-31-32-33-35-36-39-42-45-48-51-54-60(63)66-57-58(56-65-59(62)53-50-47-44-41-38-24-21-18-15-12-9-6-3)67-61(64)55-52-49-46-43-40-37-34-28-26-23-20-17-14-11-8-5-2/h18,20-21,23,28-30,34,58H,4-17,19,22,24-27,31-33,35-57H2,1-3H3/b21-18-,23-20-,30-29-,34-28-. The van der Waals surface area contributed by atoms with E-state index < -0.39 is 6.10 Å². The molecule has 1 unspecified atom stereocenters. The highest BCUT2D eigenvalue weighted by Crippen LogP contribution is 2.15. The molecule has 390 valence electrons. The van der Waals surface area contributed by atoms with Gasteiger partial charge in [-0.25, -0.2) is 0 Å². The maximum absolute atomic E-state index is 12.8. The fraction of sp³-hybridized carbons (Fsp3) is 0.820. The van der Waals surface area contributed by atoms with Crippen molar-refractivity contribution in [1.29, 1.82) is 0 Å². The van der Waals surface area contributed by atoms with Gasteiger partial charge in [0.1, 0.15) is 13.2 Å². The minimum absolute atomic E-state index is 0.0811. The van der Waals surface area contributed by atoms with E-state index in [0.29, 0.717) is 19.3 Å². The van der Waals surface area contributed by atoms with Gasteiger partial charge in [0, 0.05) is 19.3 Å². The Morgan fingerprint density at radius 1 is 0.299 bits per heavy atom. The first kappa shape index (κ1) is 64.4. The van der Waals surface area contributed by atoms with Crippen LogP contribution in [-0.4, -0.2) is 37.2 Å². The summed E-state index contributed by atoms with van der Waals surface area (Å²) < 4.78 is 16.8. The van der Waals surface area contributed by atoms with Gasteiger partial charge < -0.3 is 14.2 Å². The molecule has 0 aromatic rings. The van der Waals surface area contributed by atoms with Gasteiger partial charge in [-0.3, -0.25) is 14.4 Å². The summed E-state index contributed by atoms with van der Waals surface area (Å²) >= 11 is 0. The maximum Gasteiger partial charge on any atom is 0.306 e. The lowest BCUT2D eigenvalue weighted by molar-refractivity contribution is -0.167. The summed E-state index contributed by atoms with van der Waals surface area (Å²) in [4.78, 5) is 38.1. The van der Waals surface area contributed by atoms with Crippen molar-refractivity contribution < 1.29 is 28.6 Å². The van der Waals surface area contributed by atoms with Gasteiger partial charge in [-0.2, -0.15) is 0 Å². The molecule has 0 aromatic heterocycles. The number of hydrogen-bond donors (Lipinski definition) is 0. The zero-order chi connectivity index (χ0) is 48.6. The monoisotopic (exact) mass is 939 g/mol. The van der Waals surface area contributed by atoms with Gasteiger partial charge >= 0.3 is 17.9 Å². The van der Waals surface area contributed by atoms with E-state index in [-0.39, 0.29) is 31.1 Å². The summed E-state index contributed by atoms with van der Waals surface area (Å²) in [5, 5.41) is 0. The Labute approximate surface area is 416 Å². The van der Waals surface area contributed by atoms with Crippen molar-refractivity contribution in [3.8, 4) is 0 Å². The Kier molecular flexibility index (Phi) is 53.8. The largest absolute Gasteiger partial charge is 0.462 e. The molecule has 6 heteroatoms. The highest BCUT2D eigenvalue weighted by Gasteiger charge is 2.19. The van der Waals surface area contributed by atoms with Crippen LogP contribution in [0.4, 0.5) is 0 Å². The van der Waals surface area contributed by atoms with Gasteiger partial charge in [0.2, 0.25) is 0 Å². The first-order valence-electron chi connectivity index (χ1n) is 29.1. The number of hydrogen-bond acceptors (Lipinski definition) is 6. The van der Waals surface area contributed by atoms with Gasteiger partial charge in [-0.05, 0) is 103 Å². The second kappa shape index (κ2) is 56.0. The Balaban J connectivity index is 4.33. The van der Waals surface area contributed by atoms with E-state index in [1.54, 1.807) is 0 Å². The fourth-order valence-corrected chi connectivity index (χ4v) is 8.35. The van der Waals surface area contributed by atoms with Gasteiger partial charge in [0.15, 0.2) is 6.10 Å². The molecule has 0 fully saturated rings. The lowest BCUT2D eigenvalue weighted by Gasteiger charge is -2.18. The zero-order valence-electron chi connectivity index (χ0n) is 44.7. The molecule has 67 heavy (non-hydrogen) atoms. The lowest BCUT2D eigenvalue weighted by atomic mass is 10.1. The molecular weight excluding hydrogens is 829 g/mol. The van der Waals surface area contributed by atoms with E-state index in [2.05, 4.69) is 69.4 Å². The first-order chi connectivity index (χ1) is 33.0. The van der Waals surface area contributed by atoms with E-state index in [4.69, 9.17) is 14.2 Å². The Hall–Kier alpha value is -2.63. The average Bonchev–Trinajstić information content (AvgIpc) is 3.33. The van der Waals surface area contributed by atoms with Crippen LogP contribution in [-0.2, 0) is 28.6 Å². The third kappa shape index (κ3) is 54.2. The molecule has 1 atom stereocenters. The quantitative estimate of drug-likeness (QED) is 0.0262. The lowest BCUT2D eigenvalue weighted by Crippen LogP contribution is -2.30. The molecule has 6 nitrogen and oxygen atoms in total. The number of rotatable bonds is 53. The van der Waals surface area contributed by atoms with Gasteiger partial charge in [0.25, 0.3) is 0 Å². The minimum atomic E-state index is -0.783. The highest BCUT2D eigenvalue weighted by atomic mass is 16.6. The molecule has 0 aliphatic carbocycles. The zero-order valence-corrected chi connectivity index (χ0v) is 44.7. The van der Waals surface area contributed by atoms with Crippen molar-refractivity contribution in [3.05, 3.63) is 48.6 Å². The van der Waals surface area contributed by atoms with Crippen LogP contribution in [0, 0.1) is 0 Å². The third-order valence-electron chi connectivity index (χ3n) is 12.8. The van der Waals surface area contributed by atoms with Crippen molar-refractivity contribution >= 4 is 17.9 Å². The number of carbonyl (C=O) groups excluding carboxylic acids is 3. The summed E-state index contributed by atoms with van der Waals surface area (Å²) in [5.74, 6) is -0.894. The number of carbonyl (C=O) groups is 3. The molecule has 0 aliphatic rings. The number of unbranched alkanes of at least 4 members (excludes halogenated alkanes) is 34. The second-order valence-electron chi connectivity index (χ2n) is 19.5. The van der Waals surface area contributed by atoms with E-state index >= 15 is 0 Å². The summed E-state index contributed by atoms with van der Waals surface area (Å²) in [6, 6.07) is 0. The Bertz CT molecular complexity index is 1170. The molecular formula is C61H110O6. The van der Waals surface area contributed by atoms with E-state index in [9.17, 15) is 14.4 Å². The molecule has 0 rings (SSSR count). The van der Waals surface area contributed by atoms with Gasteiger partial charge in [0.05, 0.1) is 0 Å². The van der Waals surface area contributed by atoms with Crippen LogP contribution in [0.5, 0.6) is 0 Å². The number of ether oxygens (including phenoxy) is 3. The molecule has 0 spiro atoms. The third-order valence-corrected chi connectivity index (χ3v) is 12.8. The fourth-order valence-electron chi connectivity index (χ4n) is 8.35. The molecule has 0 radical (unpaired) electrons. The van der Waals surface area contributed by atoms with Crippen LogP contribution >= 0.6 is 0 Å². The van der Waals surface area contributed by atoms with Gasteiger partial charge in [-0.15, -0.1) is 0 Å². The molecule has 0 amide bonds. The van der Waals surface area contributed by atoms with E-state index in [1.807, 2.05) is 0 Å². The SMILES string of the molecule is CCCCC/C=C\CCCCCCCC(=O)OCC(COC(=O)CCCCCCCCCCC/C=C\CCCCCCCCCC)OC(=O)CCCCCCC/C=C\C/C=C\CCCCCC. The van der Waals surface area contributed by atoms with E-state index in [1.165, 1.54) is 173 Å².